The van der Waals surface area contributed by atoms with Gasteiger partial charge in [-0.3, -0.25) is 9.69 Å². The Labute approximate surface area is 153 Å². The molecule has 132 valence electrons. The lowest BCUT2D eigenvalue weighted by molar-refractivity contribution is 0.0905. The molecule has 0 aliphatic carbocycles. The van der Waals surface area contributed by atoms with Crippen molar-refractivity contribution in [1.29, 1.82) is 0 Å². The van der Waals surface area contributed by atoms with Crippen molar-refractivity contribution in [2.24, 2.45) is 0 Å². The zero-order valence-electron chi connectivity index (χ0n) is 14.2. The Balaban J connectivity index is 1.36. The van der Waals surface area contributed by atoms with E-state index in [1.54, 1.807) is 0 Å². The number of hydrogen-bond acceptors (Lipinski definition) is 3. The monoisotopic (exact) mass is 358 g/mol. The van der Waals surface area contributed by atoms with Crippen molar-refractivity contribution >= 4 is 17.5 Å². The lowest BCUT2D eigenvalue weighted by Gasteiger charge is -2.32. The summed E-state index contributed by atoms with van der Waals surface area (Å²) < 4.78 is 5.74. The Morgan fingerprint density at radius 2 is 1.76 bits per heavy atom. The number of halogens is 1. The largest absolute Gasteiger partial charge is 0.492 e. The fourth-order valence-corrected chi connectivity index (χ4v) is 3.11. The van der Waals surface area contributed by atoms with Gasteiger partial charge in [-0.05, 0) is 49.2 Å². The van der Waals surface area contributed by atoms with Crippen LogP contribution >= 0.6 is 11.6 Å². The van der Waals surface area contributed by atoms with Crippen molar-refractivity contribution < 1.29 is 9.53 Å². The van der Waals surface area contributed by atoms with Gasteiger partial charge in [0.25, 0.3) is 5.91 Å². The van der Waals surface area contributed by atoms with Crippen molar-refractivity contribution in [2.75, 3.05) is 26.2 Å². The van der Waals surface area contributed by atoms with Crippen LogP contribution in [0.15, 0.2) is 54.6 Å². The molecule has 0 atom stereocenters. The van der Waals surface area contributed by atoms with Gasteiger partial charge in [0, 0.05) is 36.3 Å². The summed E-state index contributed by atoms with van der Waals surface area (Å²) in [5, 5.41) is 3.85. The molecule has 25 heavy (non-hydrogen) atoms. The fourth-order valence-electron chi connectivity index (χ4n) is 2.98. The van der Waals surface area contributed by atoms with Gasteiger partial charge in [0.2, 0.25) is 0 Å². The van der Waals surface area contributed by atoms with Crippen molar-refractivity contribution in [3.8, 4) is 5.75 Å². The van der Waals surface area contributed by atoms with Crippen molar-refractivity contribution in [3.63, 3.8) is 0 Å². The lowest BCUT2D eigenvalue weighted by Crippen LogP contribution is -2.45. The van der Waals surface area contributed by atoms with Crippen LogP contribution in [-0.2, 0) is 0 Å². The summed E-state index contributed by atoms with van der Waals surface area (Å²) >= 11 is 5.86. The third-order valence-electron chi connectivity index (χ3n) is 4.45. The molecule has 5 heteroatoms. The first-order chi connectivity index (χ1) is 12.2. The zero-order valence-corrected chi connectivity index (χ0v) is 14.9. The van der Waals surface area contributed by atoms with Gasteiger partial charge < -0.3 is 10.1 Å². The number of hydrogen-bond donors (Lipinski definition) is 1. The van der Waals surface area contributed by atoms with Gasteiger partial charge in [0.05, 0.1) is 0 Å². The van der Waals surface area contributed by atoms with Gasteiger partial charge in [-0.25, -0.2) is 0 Å². The Kier molecular flexibility index (Phi) is 6.31. The molecular weight excluding hydrogens is 336 g/mol. The molecule has 0 radical (unpaired) electrons. The molecule has 1 heterocycles. The number of rotatable bonds is 6. The van der Waals surface area contributed by atoms with Crippen LogP contribution in [-0.4, -0.2) is 43.1 Å². The van der Waals surface area contributed by atoms with E-state index in [9.17, 15) is 4.79 Å². The molecule has 1 saturated heterocycles. The molecule has 0 spiro atoms. The van der Waals surface area contributed by atoms with Crippen LogP contribution in [0.5, 0.6) is 5.75 Å². The number of ether oxygens (including phenoxy) is 1. The van der Waals surface area contributed by atoms with Crippen LogP contribution < -0.4 is 10.1 Å². The smallest absolute Gasteiger partial charge is 0.251 e. The predicted molar refractivity (Wildman–Crippen MR) is 100 cm³/mol. The third kappa shape index (κ3) is 5.48. The predicted octanol–water partition coefficient (Wildman–Crippen LogP) is 3.61. The Hall–Kier alpha value is -2.04. The summed E-state index contributed by atoms with van der Waals surface area (Å²) in [5.74, 6) is 0.861. The number of benzene rings is 2. The molecule has 1 aliphatic rings. The molecule has 0 unspecified atom stereocenters. The van der Waals surface area contributed by atoms with E-state index >= 15 is 0 Å². The van der Waals surface area contributed by atoms with Crippen LogP contribution in [0.4, 0.5) is 0 Å². The van der Waals surface area contributed by atoms with E-state index in [-0.39, 0.29) is 11.9 Å². The minimum atomic E-state index is 0.0186. The highest BCUT2D eigenvalue weighted by Crippen LogP contribution is 2.16. The highest BCUT2D eigenvalue weighted by atomic mass is 35.5. The first kappa shape index (κ1) is 17.8. The summed E-state index contributed by atoms with van der Waals surface area (Å²) in [6.07, 6.45) is 1.94. The van der Waals surface area contributed by atoms with Crippen LogP contribution in [0.2, 0.25) is 5.02 Å². The SMILES string of the molecule is O=C(NC1CCN(CCOc2ccc(Cl)cc2)CC1)c1ccccc1. The van der Waals surface area contributed by atoms with E-state index in [1.165, 1.54) is 0 Å². The summed E-state index contributed by atoms with van der Waals surface area (Å²) in [7, 11) is 0. The Morgan fingerprint density at radius 3 is 2.44 bits per heavy atom. The van der Waals surface area contributed by atoms with E-state index in [0.29, 0.717) is 11.6 Å². The minimum Gasteiger partial charge on any atom is -0.492 e. The molecule has 1 fully saturated rings. The molecule has 0 bridgehead atoms. The van der Waals surface area contributed by atoms with Gasteiger partial charge in [0.15, 0.2) is 0 Å². The van der Waals surface area contributed by atoms with Crippen LogP contribution in [0, 0.1) is 0 Å². The number of carbonyl (C=O) groups excluding carboxylic acids is 1. The van der Waals surface area contributed by atoms with Gasteiger partial charge in [0.1, 0.15) is 12.4 Å². The number of piperidine rings is 1. The maximum absolute atomic E-state index is 12.2. The molecule has 2 aromatic carbocycles. The quantitative estimate of drug-likeness (QED) is 0.857. The van der Waals surface area contributed by atoms with E-state index in [4.69, 9.17) is 16.3 Å². The normalized spacial score (nSPS) is 15.7. The second-order valence-electron chi connectivity index (χ2n) is 6.26. The molecule has 3 rings (SSSR count). The van der Waals surface area contributed by atoms with Crippen molar-refractivity contribution in [2.45, 2.75) is 18.9 Å². The summed E-state index contributed by atoms with van der Waals surface area (Å²) in [4.78, 5) is 14.6. The molecule has 2 aromatic rings. The zero-order chi connectivity index (χ0) is 17.5. The molecule has 1 aliphatic heterocycles. The van der Waals surface area contributed by atoms with Gasteiger partial charge in [-0.1, -0.05) is 29.8 Å². The third-order valence-corrected chi connectivity index (χ3v) is 4.70. The minimum absolute atomic E-state index is 0.0186. The van der Waals surface area contributed by atoms with E-state index in [2.05, 4.69) is 10.2 Å². The maximum Gasteiger partial charge on any atom is 0.251 e. The van der Waals surface area contributed by atoms with Crippen LogP contribution in [0.1, 0.15) is 23.2 Å². The van der Waals surface area contributed by atoms with Gasteiger partial charge in [-0.2, -0.15) is 0 Å². The Bertz CT molecular complexity index is 668. The molecule has 1 N–H and O–H groups in total. The highest BCUT2D eigenvalue weighted by Gasteiger charge is 2.20. The summed E-state index contributed by atoms with van der Waals surface area (Å²) in [6.45, 7) is 3.50. The first-order valence-corrected chi connectivity index (χ1v) is 9.05. The second-order valence-corrected chi connectivity index (χ2v) is 6.69. The average molecular weight is 359 g/mol. The maximum atomic E-state index is 12.2. The summed E-state index contributed by atoms with van der Waals surface area (Å²) in [6, 6.07) is 17.1. The average Bonchev–Trinajstić information content (AvgIpc) is 2.65. The van der Waals surface area contributed by atoms with E-state index in [1.807, 2.05) is 54.6 Å². The molecule has 4 nitrogen and oxygen atoms in total. The number of amides is 1. The Morgan fingerprint density at radius 1 is 1.08 bits per heavy atom. The lowest BCUT2D eigenvalue weighted by atomic mass is 10.0. The first-order valence-electron chi connectivity index (χ1n) is 8.67. The molecule has 0 aromatic heterocycles. The van der Waals surface area contributed by atoms with Crippen LogP contribution in [0.25, 0.3) is 0 Å². The van der Waals surface area contributed by atoms with Crippen molar-refractivity contribution in [3.05, 3.63) is 65.2 Å². The molecule has 0 saturated carbocycles. The van der Waals surface area contributed by atoms with E-state index < -0.39 is 0 Å². The topological polar surface area (TPSA) is 41.6 Å². The van der Waals surface area contributed by atoms with Gasteiger partial charge in [-0.15, -0.1) is 0 Å². The number of nitrogens with one attached hydrogen (secondary N) is 1. The number of likely N-dealkylation sites (tertiary alicyclic amines) is 1. The number of carbonyl (C=O) groups is 1. The summed E-state index contributed by atoms with van der Waals surface area (Å²) in [5.41, 5.74) is 0.723. The second kappa shape index (κ2) is 8.88. The standard InChI is InChI=1S/C20H23ClN2O2/c21-17-6-8-19(9-7-17)25-15-14-23-12-10-18(11-13-23)22-20(24)16-4-2-1-3-5-16/h1-9,18H,10-15H2,(H,22,24). The molecule has 1 amide bonds. The van der Waals surface area contributed by atoms with Crippen molar-refractivity contribution in [1.82, 2.24) is 10.2 Å². The van der Waals surface area contributed by atoms with Gasteiger partial charge >= 0.3 is 0 Å². The van der Waals surface area contributed by atoms with Crippen LogP contribution in [0.3, 0.4) is 0 Å². The fraction of sp³-hybridized carbons (Fsp3) is 0.350. The highest BCUT2D eigenvalue weighted by molar-refractivity contribution is 6.30. The number of nitrogens with zero attached hydrogens (tertiary/aromatic N) is 1. The molecular formula is C20H23ClN2O2. The van der Waals surface area contributed by atoms with E-state index in [0.717, 1.165) is 43.8 Å².